The molecule has 7 rings (SSSR count). The van der Waals surface area contributed by atoms with E-state index in [2.05, 4.69) is 25.3 Å². The van der Waals surface area contributed by atoms with Gasteiger partial charge >= 0.3 is 0 Å². The van der Waals surface area contributed by atoms with Crippen LogP contribution in [0, 0.1) is 29.5 Å². The second kappa shape index (κ2) is 19.1. The number of allylic oxidation sites excluding steroid dienone is 1. The molecule has 2 N–H and O–H groups in total. The molecular weight excluding hydrogens is 728 g/mol. The van der Waals surface area contributed by atoms with Crippen molar-refractivity contribution in [1.82, 2.24) is 4.90 Å². The largest absolute Gasteiger partial charge is 0.490 e. The van der Waals surface area contributed by atoms with Crippen molar-refractivity contribution in [3.63, 3.8) is 0 Å². The smallest absolute Gasteiger partial charge is 0.239 e. The van der Waals surface area contributed by atoms with Crippen LogP contribution in [0.1, 0.15) is 94.1 Å². The number of aliphatic hydroxyl groups excluding tert-OH is 2. The van der Waals surface area contributed by atoms with Gasteiger partial charge in [-0.25, -0.2) is 4.39 Å². The highest BCUT2D eigenvalue weighted by atomic mass is 19.1. The third-order valence-corrected chi connectivity index (χ3v) is 12.3. The number of rotatable bonds is 20. The SMILES string of the molecule is C=CCOc1ccc2c(c1)[C@H]1[C@H](CCCCO)[C@@H](CCCCO)C=C3C(=NOC4CCCCO4)C[C@H](N(Cc4ccc(F)cc4)C(=O)C4CC4)[C@@](OCC=C)(O2)[C@H]31. The van der Waals surface area contributed by atoms with Crippen LogP contribution in [0.4, 0.5) is 4.39 Å². The summed E-state index contributed by atoms with van der Waals surface area (Å²) in [5.41, 5.74) is 3.47. The van der Waals surface area contributed by atoms with Gasteiger partial charge in [0.15, 0.2) is 0 Å². The van der Waals surface area contributed by atoms with Crippen LogP contribution >= 0.6 is 0 Å². The fraction of sp³-hybridized carbons (Fsp3) is 0.565. The van der Waals surface area contributed by atoms with Crippen LogP contribution < -0.4 is 9.47 Å². The van der Waals surface area contributed by atoms with Crippen molar-refractivity contribution < 1.29 is 43.2 Å². The Morgan fingerprint density at radius 2 is 1.75 bits per heavy atom. The number of benzene rings is 2. The van der Waals surface area contributed by atoms with Gasteiger partial charge in [-0.05, 0) is 105 Å². The number of unbranched alkanes of at least 4 members (excludes halogenated alkanes) is 2. The quantitative estimate of drug-likeness (QED) is 0.0788. The number of amides is 1. The Labute approximate surface area is 336 Å². The summed E-state index contributed by atoms with van der Waals surface area (Å²) >= 11 is 0. The van der Waals surface area contributed by atoms with E-state index >= 15 is 0 Å². The molecule has 0 radical (unpaired) electrons. The first-order valence-corrected chi connectivity index (χ1v) is 21.0. The van der Waals surface area contributed by atoms with Gasteiger partial charge in [-0.3, -0.25) is 4.79 Å². The van der Waals surface area contributed by atoms with Crippen molar-refractivity contribution in [2.45, 2.75) is 108 Å². The Morgan fingerprint density at radius 3 is 2.46 bits per heavy atom. The number of nitrogens with zero attached hydrogens (tertiary/aromatic N) is 2. The average molecular weight is 787 g/mol. The van der Waals surface area contributed by atoms with E-state index in [9.17, 15) is 19.4 Å². The zero-order chi connectivity index (χ0) is 39.8. The lowest BCUT2D eigenvalue weighted by atomic mass is 9.55. The Kier molecular flexibility index (Phi) is 13.8. The lowest BCUT2D eigenvalue weighted by molar-refractivity contribution is -0.258. The zero-order valence-electron chi connectivity index (χ0n) is 33.1. The van der Waals surface area contributed by atoms with Crippen molar-refractivity contribution in [1.29, 1.82) is 0 Å². The predicted molar refractivity (Wildman–Crippen MR) is 215 cm³/mol. The van der Waals surface area contributed by atoms with E-state index in [0.29, 0.717) is 37.6 Å². The molecule has 11 heteroatoms. The molecule has 5 aliphatic rings. The minimum Gasteiger partial charge on any atom is -0.490 e. The molecule has 7 atom stereocenters. The second-order valence-corrected chi connectivity index (χ2v) is 16.1. The molecule has 2 aliphatic heterocycles. The van der Waals surface area contributed by atoms with Gasteiger partial charge in [-0.1, -0.05) is 54.9 Å². The molecule has 2 aromatic carbocycles. The molecule has 0 aromatic heterocycles. The van der Waals surface area contributed by atoms with Crippen molar-refractivity contribution in [2.75, 3.05) is 33.0 Å². The minimum atomic E-state index is -1.38. The number of carbonyl (C=O) groups is 1. The Balaban J connectivity index is 1.44. The molecule has 10 nitrogen and oxygen atoms in total. The summed E-state index contributed by atoms with van der Waals surface area (Å²) in [5, 5.41) is 24.7. The average Bonchev–Trinajstić information content (AvgIpc) is 4.09. The Hall–Kier alpha value is -4.03. The molecule has 1 saturated heterocycles. The molecule has 3 fully saturated rings. The molecule has 57 heavy (non-hydrogen) atoms. The number of carbonyl (C=O) groups excluding carboxylic acids is 1. The number of hydrogen-bond acceptors (Lipinski definition) is 9. The summed E-state index contributed by atoms with van der Waals surface area (Å²) < 4.78 is 40.7. The van der Waals surface area contributed by atoms with E-state index in [1.807, 2.05) is 17.0 Å². The van der Waals surface area contributed by atoms with Gasteiger partial charge in [0, 0.05) is 50.0 Å². The summed E-state index contributed by atoms with van der Waals surface area (Å²) in [6.45, 7) is 9.44. The van der Waals surface area contributed by atoms with Crippen LogP contribution in [-0.4, -0.2) is 77.9 Å². The molecule has 1 unspecified atom stereocenters. The maximum absolute atomic E-state index is 14.7. The predicted octanol–water partition coefficient (Wildman–Crippen LogP) is 7.99. The van der Waals surface area contributed by atoms with Crippen molar-refractivity contribution in [3.05, 3.63) is 96.4 Å². The highest BCUT2D eigenvalue weighted by Crippen LogP contribution is 2.62. The Bertz CT molecular complexity index is 1750. The topological polar surface area (TPSA) is 119 Å². The highest BCUT2D eigenvalue weighted by molar-refractivity contribution is 6.03. The third-order valence-electron chi connectivity index (χ3n) is 12.3. The molecular formula is C46H59FN2O8. The summed E-state index contributed by atoms with van der Waals surface area (Å²) in [6, 6.07) is 11.6. The molecule has 1 amide bonds. The van der Waals surface area contributed by atoms with Gasteiger partial charge in [-0.2, -0.15) is 0 Å². The molecule has 2 heterocycles. The first kappa shape index (κ1) is 41.1. The van der Waals surface area contributed by atoms with E-state index in [1.165, 1.54) is 12.1 Å². The van der Waals surface area contributed by atoms with Gasteiger partial charge in [0.05, 0.1) is 24.8 Å². The van der Waals surface area contributed by atoms with Crippen LogP contribution in [-0.2, 0) is 25.7 Å². The van der Waals surface area contributed by atoms with E-state index in [1.54, 1.807) is 24.3 Å². The van der Waals surface area contributed by atoms with Crippen molar-refractivity contribution in [3.8, 4) is 11.5 Å². The molecule has 308 valence electrons. The van der Waals surface area contributed by atoms with Gasteiger partial charge in [0.1, 0.15) is 30.0 Å². The minimum absolute atomic E-state index is 0.00511. The summed E-state index contributed by atoms with van der Waals surface area (Å²) in [6.07, 6.45) is 14.6. The molecule has 2 saturated carbocycles. The van der Waals surface area contributed by atoms with Gasteiger partial charge in [-0.15, -0.1) is 6.58 Å². The van der Waals surface area contributed by atoms with Crippen LogP contribution in [0.25, 0.3) is 0 Å². The Morgan fingerprint density at radius 1 is 0.982 bits per heavy atom. The number of halogens is 1. The lowest BCUT2D eigenvalue weighted by Gasteiger charge is -2.60. The monoisotopic (exact) mass is 786 g/mol. The van der Waals surface area contributed by atoms with E-state index in [4.69, 9.17) is 28.9 Å². The first-order chi connectivity index (χ1) is 27.9. The van der Waals surface area contributed by atoms with Gasteiger partial charge in [0.2, 0.25) is 18.0 Å². The number of hydrogen-bond donors (Lipinski definition) is 2. The van der Waals surface area contributed by atoms with Crippen molar-refractivity contribution >= 4 is 11.6 Å². The van der Waals surface area contributed by atoms with E-state index in [0.717, 1.165) is 80.2 Å². The normalized spacial score (nSPS) is 28.3. The van der Waals surface area contributed by atoms with Crippen LogP contribution in [0.2, 0.25) is 0 Å². The van der Waals surface area contributed by atoms with Crippen LogP contribution in [0.15, 0.2) is 84.6 Å². The fourth-order valence-corrected chi connectivity index (χ4v) is 9.50. The first-order valence-electron chi connectivity index (χ1n) is 21.0. The molecule has 0 spiro atoms. The maximum atomic E-state index is 14.7. The van der Waals surface area contributed by atoms with Gasteiger partial charge in [0.25, 0.3) is 0 Å². The summed E-state index contributed by atoms with van der Waals surface area (Å²) in [7, 11) is 0. The standard InChI is InChI=1S/C46H59FN2O8/c1-3-24-53-35-20-21-40-38(28-35)43-36(12-6-9-23-51)33(11-5-8-22-50)27-37-39(48-57-42-13-7-10-26-54-42)29-41(46(56-40,44(37)43)55-25-4-2)49(45(52)32-16-17-32)30-31-14-18-34(47)19-15-31/h3-4,14-15,18-21,27-28,32-33,36,41-44,50-51H,1-2,5-13,16-17,22-26,29-30H2/t33-,36+,41-,42?,43+,44+,46+/m0/s1. The number of ether oxygens (including phenoxy) is 4. The number of fused-ring (bicyclic) bond motifs is 2. The fourth-order valence-electron chi connectivity index (χ4n) is 9.50. The molecule has 2 aromatic rings. The third kappa shape index (κ3) is 9.17. The summed E-state index contributed by atoms with van der Waals surface area (Å²) in [4.78, 5) is 22.8. The van der Waals surface area contributed by atoms with Crippen LogP contribution in [0.5, 0.6) is 11.5 Å². The lowest BCUT2D eigenvalue weighted by Crippen LogP contribution is -2.70. The molecule has 0 bridgehead atoms. The number of aliphatic hydroxyl groups is 2. The maximum Gasteiger partial charge on any atom is 0.239 e. The van der Waals surface area contributed by atoms with Crippen LogP contribution in [0.3, 0.4) is 0 Å². The molecule has 3 aliphatic carbocycles. The second-order valence-electron chi connectivity index (χ2n) is 16.1. The summed E-state index contributed by atoms with van der Waals surface area (Å²) in [5.74, 6) is -0.924. The van der Waals surface area contributed by atoms with Crippen molar-refractivity contribution in [2.24, 2.45) is 28.8 Å². The highest BCUT2D eigenvalue weighted by Gasteiger charge is 2.66. The van der Waals surface area contributed by atoms with E-state index < -0.39 is 24.0 Å². The van der Waals surface area contributed by atoms with Gasteiger partial charge < -0.3 is 38.9 Å². The zero-order valence-corrected chi connectivity index (χ0v) is 33.1. The van der Waals surface area contributed by atoms with E-state index in [-0.39, 0.29) is 68.2 Å². The number of oxime groups is 1.